The third-order valence-corrected chi connectivity index (χ3v) is 2.67. The van der Waals surface area contributed by atoms with Gasteiger partial charge in [-0.25, -0.2) is 0 Å². The Balaban J connectivity index is 2.70. The lowest BCUT2D eigenvalue weighted by atomic mass is 10.1. The fraction of sp³-hybridized carbons (Fsp3) is 0.333. The van der Waals surface area contributed by atoms with Gasteiger partial charge in [-0.15, -0.1) is 11.3 Å². The van der Waals surface area contributed by atoms with E-state index in [2.05, 4.69) is 4.74 Å². The summed E-state index contributed by atoms with van der Waals surface area (Å²) in [6.07, 6.45) is 0.194. The average molecular weight is 214 g/mol. The monoisotopic (exact) mass is 214 g/mol. The lowest BCUT2D eigenvalue weighted by molar-refractivity contribution is -0.156. The highest BCUT2D eigenvalue weighted by molar-refractivity contribution is 7.09. The molecule has 0 radical (unpaired) electrons. The molecule has 5 heteroatoms. The molecule has 1 rings (SSSR count). The van der Waals surface area contributed by atoms with E-state index in [1.807, 2.05) is 11.4 Å². The SMILES string of the molecule is COC(=O)[C@@H](Cc1cccs1)C(=O)O. The molecule has 14 heavy (non-hydrogen) atoms. The maximum absolute atomic E-state index is 11.1. The van der Waals surface area contributed by atoms with Crippen molar-refractivity contribution in [3.05, 3.63) is 22.4 Å². The minimum atomic E-state index is -1.15. The largest absolute Gasteiger partial charge is 0.481 e. The number of hydrogen-bond donors (Lipinski definition) is 1. The van der Waals surface area contributed by atoms with Crippen LogP contribution in [0.25, 0.3) is 0 Å². The number of esters is 1. The summed E-state index contributed by atoms with van der Waals surface area (Å²) in [5.41, 5.74) is 0. The first-order valence-corrected chi connectivity index (χ1v) is 4.86. The molecule has 0 aromatic carbocycles. The summed E-state index contributed by atoms with van der Waals surface area (Å²) in [5, 5.41) is 10.6. The van der Waals surface area contributed by atoms with Crippen LogP contribution in [0.2, 0.25) is 0 Å². The summed E-state index contributed by atoms with van der Waals surface area (Å²) in [4.78, 5) is 22.7. The molecule has 0 saturated carbocycles. The Hall–Kier alpha value is -1.36. The third kappa shape index (κ3) is 2.56. The molecule has 0 aliphatic heterocycles. The van der Waals surface area contributed by atoms with E-state index in [0.717, 1.165) is 4.88 Å². The van der Waals surface area contributed by atoms with E-state index < -0.39 is 17.9 Å². The summed E-state index contributed by atoms with van der Waals surface area (Å²) >= 11 is 1.43. The molecule has 0 aliphatic carbocycles. The number of carbonyl (C=O) groups is 2. The van der Waals surface area contributed by atoms with Gasteiger partial charge in [0.25, 0.3) is 0 Å². The lowest BCUT2D eigenvalue weighted by Crippen LogP contribution is -2.26. The number of ether oxygens (including phenoxy) is 1. The standard InChI is InChI=1S/C9H10O4S/c1-13-9(12)7(8(10)11)5-6-3-2-4-14-6/h2-4,7H,5H2,1H3,(H,10,11)/t7-/m0/s1. The van der Waals surface area contributed by atoms with E-state index in [-0.39, 0.29) is 6.42 Å². The number of methoxy groups -OCH3 is 1. The lowest BCUT2D eigenvalue weighted by Gasteiger charge is -2.07. The van der Waals surface area contributed by atoms with Crippen molar-refractivity contribution in [1.82, 2.24) is 0 Å². The molecule has 0 amide bonds. The van der Waals surface area contributed by atoms with Crippen LogP contribution in [-0.2, 0) is 20.7 Å². The molecule has 1 N–H and O–H groups in total. The van der Waals surface area contributed by atoms with Gasteiger partial charge in [-0.3, -0.25) is 9.59 Å². The number of carboxylic acids is 1. The van der Waals surface area contributed by atoms with Crippen molar-refractivity contribution >= 4 is 23.3 Å². The van der Waals surface area contributed by atoms with Crippen LogP contribution in [0.3, 0.4) is 0 Å². The zero-order valence-electron chi connectivity index (χ0n) is 7.60. The Morgan fingerprint density at radius 2 is 2.36 bits per heavy atom. The zero-order valence-corrected chi connectivity index (χ0v) is 8.41. The van der Waals surface area contributed by atoms with E-state index in [9.17, 15) is 9.59 Å². The molecule has 0 bridgehead atoms. The topological polar surface area (TPSA) is 63.6 Å². The van der Waals surface area contributed by atoms with Crippen LogP contribution in [0.15, 0.2) is 17.5 Å². The molecule has 1 atom stereocenters. The normalized spacial score (nSPS) is 12.1. The highest BCUT2D eigenvalue weighted by Crippen LogP contribution is 2.15. The molecule has 0 unspecified atom stereocenters. The Kier molecular flexibility index (Phi) is 3.64. The molecule has 1 heterocycles. The summed E-state index contributed by atoms with van der Waals surface area (Å²) in [6.45, 7) is 0. The van der Waals surface area contributed by atoms with Gasteiger partial charge in [0, 0.05) is 11.3 Å². The highest BCUT2D eigenvalue weighted by atomic mass is 32.1. The minimum absolute atomic E-state index is 0.194. The van der Waals surface area contributed by atoms with Crippen molar-refractivity contribution in [2.75, 3.05) is 7.11 Å². The quantitative estimate of drug-likeness (QED) is 0.603. The van der Waals surface area contributed by atoms with Gasteiger partial charge in [-0.1, -0.05) is 6.07 Å². The van der Waals surface area contributed by atoms with Crippen LogP contribution in [0.4, 0.5) is 0 Å². The molecule has 0 aliphatic rings. The van der Waals surface area contributed by atoms with Gasteiger partial charge in [0.05, 0.1) is 7.11 Å². The zero-order chi connectivity index (χ0) is 10.6. The molecular weight excluding hydrogens is 204 g/mol. The first-order chi connectivity index (χ1) is 6.65. The summed E-state index contributed by atoms with van der Waals surface area (Å²) < 4.78 is 4.41. The van der Waals surface area contributed by atoms with Crippen LogP contribution >= 0.6 is 11.3 Å². The maximum Gasteiger partial charge on any atom is 0.320 e. The maximum atomic E-state index is 11.1. The second-order valence-electron chi connectivity index (χ2n) is 2.70. The second-order valence-corrected chi connectivity index (χ2v) is 3.73. The molecule has 0 spiro atoms. The van der Waals surface area contributed by atoms with Gasteiger partial charge in [-0.2, -0.15) is 0 Å². The Bertz CT molecular complexity index is 318. The average Bonchev–Trinajstić information content (AvgIpc) is 2.65. The molecule has 0 fully saturated rings. The van der Waals surface area contributed by atoms with Crippen LogP contribution in [0, 0.1) is 5.92 Å². The van der Waals surface area contributed by atoms with Crippen LogP contribution < -0.4 is 0 Å². The van der Waals surface area contributed by atoms with E-state index in [0.29, 0.717) is 0 Å². The summed E-state index contributed by atoms with van der Waals surface area (Å²) in [6, 6.07) is 3.61. The van der Waals surface area contributed by atoms with Crippen LogP contribution in [-0.4, -0.2) is 24.2 Å². The molecule has 0 saturated heterocycles. The van der Waals surface area contributed by atoms with Gasteiger partial charge < -0.3 is 9.84 Å². The predicted molar refractivity (Wildman–Crippen MR) is 51.2 cm³/mol. The third-order valence-electron chi connectivity index (χ3n) is 1.77. The predicted octanol–water partition coefficient (Wildman–Crippen LogP) is 1.16. The van der Waals surface area contributed by atoms with Crippen LogP contribution in [0.5, 0.6) is 0 Å². The van der Waals surface area contributed by atoms with Gasteiger partial charge in [0.1, 0.15) is 0 Å². The summed E-state index contributed by atoms with van der Waals surface area (Å²) in [5.74, 6) is -2.95. The molecule has 76 valence electrons. The molecule has 1 aromatic heterocycles. The number of aliphatic carboxylic acids is 1. The van der Waals surface area contributed by atoms with Gasteiger partial charge in [0.2, 0.25) is 0 Å². The number of thiophene rings is 1. The van der Waals surface area contributed by atoms with Crippen molar-refractivity contribution in [2.45, 2.75) is 6.42 Å². The van der Waals surface area contributed by atoms with Crippen molar-refractivity contribution in [1.29, 1.82) is 0 Å². The Morgan fingerprint density at radius 3 is 2.79 bits per heavy atom. The first kappa shape index (κ1) is 10.7. The Labute approximate surface area is 85.1 Å². The second kappa shape index (κ2) is 4.76. The number of carboxylic acid groups (broad SMARTS) is 1. The fourth-order valence-corrected chi connectivity index (χ4v) is 1.80. The summed E-state index contributed by atoms with van der Waals surface area (Å²) in [7, 11) is 1.19. The van der Waals surface area contributed by atoms with E-state index in [4.69, 9.17) is 5.11 Å². The van der Waals surface area contributed by atoms with E-state index in [1.54, 1.807) is 6.07 Å². The van der Waals surface area contributed by atoms with Crippen molar-refractivity contribution in [3.8, 4) is 0 Å². The van der Waals surface area contributed by atoms with Gasteiger partial charge in [0.15, 0.2) is 5.92 Å². The number of rotatable bonds is 4. The van der Waals surface area contributed by atoms with E-state index >= 15 is 0 Å². The number of hydrogen-bond acceptors (Lipinski definition) is 4. The van der Waals surface area contributed by atoms with E-state index in [1.165, 1.54) is 18.4 Å². The van der Waals surface area contributed by atoms with Crippen LogP contribution in [0.1, 0.15) is 4.88 Å². The fourth-order valence-electron chi connectivity index (χ4n) is 1.04. The first-order valence-electron chi connectivity index (χ1n) is 3.98. The highest BCUT2D eigenvalue weighted by Gasteiger charge is 2.27. The Morgan fingerprint density at radius 1 is 1.64 bits per heavy atom. The van der Waals surface area contributed by atoms with Crippen molar-refractivity contribution < 1.29 is 19.4 Å². The number of carbonyl (C=O) groups excluding carboxylic acids is 1. The molecule has 4 nitrogen and oxygen atoms in total. The minimum Gasteiger partial charge on any atom is -0.481 e. The molecule has 1 aromatic rings. The van der Waals surface area contributed by atoms with Gasteiger partial charge in [-0.05, 0) is 11.4 Å². The smallest absolute Gasteiger partial charge is 0.320 e. The molecular formula is C9H10O4S. The van der Waals surface area contributed by atoms with Crippen molar-refractivity contribution in [2.24, 2.45) is 5.92 Å². The van der Waals surface area contributed by atoms with Crippen molar-refractivity contribution in [3.63, 3.8) is 0 Å². The van der Waals surface area contributed by atoms with Gasteiger partial charge >= 0.3 is 11.9 Å².